The Morgan fingerprint density at radius 2 is 1.50 bits per heavy atom. The molecule has 30 heavy (non-hydrogen) atoms. The third-order valence-corrected chi connectivity index (χ3v) is 7.81. The van der Waals surface area contributed by atoms with Crippen molar-refractivity contribution in [2.45, 2.75) is 75.5 Å². The first-order valence-corrected chi connectivity index (χ1v) is 11.9. The van der Waals surface area contributed by atoms with Gasteiger partial charge in [-0.05, 0) is 50.7 Å². The predicted molar refractivity (Wildman–Crippen MR) is 116 cm³/mol. The molecule has 3 aliphatic heterocycles. The molecule has 6 nitrogen and oxygen atoms in total. The molecule has 0 bridgehead atoms. The largest absolute Gasteiger partial charge is 0.339 e. The molecule has 0 radical (unpaired) electrons. The van der Waals surface area contributed by atoms with Crippen molar-refractivity contribution in [3.8, 4) is 0 Å². The lowest BCUT2D eigenvalue weighted by atomic mass is 9.89. The van der Waals surface area contributed by atoms with Crippen molar-refractivity contribution < 1.29 is 9.59 Å². The van der Waals surface area contributed by atoms with Gasteiger partial charge in [0.05, 0.1) is 12.1 Å². The molecule has 0 spiro atoms. The van der Waals surface area contributed by atoms with Crippen LogP contribution in [-0.2, 0) is 0 Å². The Morgan fingerprint density at radius 1 is 0.833 bits per heavy atom. The fraction of sp³-hybridized carbons (Fsp3) is 0.667. The van der Waals surface area contributed by atoms with Gasteiger partial charge in [0.2, 0.25) is 0 Å². The second-order valence-corrected chi connectivity index (χ2v) is 9.47. The average molecular weight is 411 g/mol. The number of rotatable bonds is 3. The van der Waals surface area contributed by atoms with E-state index in [1.807, 2.05) is 35.2 Å². The van der Waals surface area contributed by atoms with Gasteiger partial charge in [0.25, 0.3) is 5.91 Å². The van der Waals surface area contributed by atoms with E-state index in [0.717, 1.165) is 70.3 Å². The molecule has 162 valence electrons. The second kappa shape index (κ2) is 8.58. The van der Waals surface area contributed by atoms with E-state index in [-0.39, 0.29) is 11.9 Å². The highest BCUT2D eigenvalue weighted by molar-refractivity contribution is 5.94. The van der Waals surface area contributed by atoms with Crippen LogP contribution in [0.25, 0.3) is 0 Å². The molecule has 5 rings (SSSR count). The zero-order valence-electron chi connectivity index (χ0n) is 17.8. The molecule has 1 aromatic rings. The number of fused-ring (bicyclic) bond motifs is 1. The van der Waals surface area contributed by atoms with Crippen molar-refractivity contribution in [3.63, 3.8) is 0 Å². The summed E-state index contributed by atoms with van der Waals surface area (Å²) in [5.41, 5.74) is 0.793. The number of hydrogen-bond acceptors (Lipinski definition) is 3. The van der Waals surface area contributed by atoms with E-state index in [1.165, 1.54) is 12.8 Å². The second-order valence-electron chi connectivity index (χ2n) is 9.47. The lowest BCUT2D eigenvalue weighted by Gasteiger charge is -2.44. The van der Waals surface area contributed by atoms with E-state index in [2.05, 4.69) is 15.1 Å². The third-order valence-electron chi connectivity index (χ3n) is 7.81. The van der Waals surface area contributed by atoms with Gasteiger partial charge < -0.3 is 20.0 Å². The topological polar surface area (TPSA) is 55.9 Å². The first-order chi connectivity index (χ1) is 14.7. The molecule has 4 aliphatic rings. The van der Waals surface area contributed by atoms with Gasteiger partial charge in [0.1, 0.15) is 0 Å². The minimum Gasteiger partial charge on any atom is -0.339 e. The molecule has 0 aromatic heterocycles. The maximum atomic E-state index is 12.7. The Morgan fingerprint density at radius 3 is 2.23 bits per heavy atom. The molecule has 1 saturated carbocycles. The number of likely N-dealkylation sites (tertiary alicyclic amines) is 2. The van der Waals surface area contributed by atoms with Gasteiger partial charge in [0, 0.05) is 43.8 Å². The van der Waals surface area contributed by atoms with E-state index < -0.39 is 0 Å². The summed E-state index contributed by atoms with van der Waals surface area (Å²) in [6, 6.07) is 11.6. The Labute approximate surface area is 179 Å². The van der Waals surface area contributed by atoms with E-state index in [1.54, 1.807) is 0 Å². The lowest BCUT2D eigenvalue weighted by molar-refractivity contribution is 0.0471. The minimum atomic E-state index is 0.162. The SMILES string of the molecule is O=C(c1ccccc1)N1CCC(N2CCC(N3C(=O)N[C@@H]4CCCC[C@H]43)CC2)CC1. The van der Waals surface area contributed by atoms with Crippen molar-refractivity contribution >= 4 is 11.9 Å². The number of carbonyl (C=O) groups is 2. The van der Waals surface area contributed by atoms with Crippen LogP contribution in [0.1, 0.15) is 61.7 Å². The quantitative estimate of drug-likeness (QED) is 0.833. The minimum absolute atomic E-state index is 0.162. The Kier molecular flexibility index (Phi) is 5.68. The molecule has 3 heterocycles. The van der Waals surface area contributed by atoms with Crippen molar-refractivity contribution in [2.75, 3.05) is 26.2 Å². The van der Waals surface area contributed by atoms with Gasteiger partial charge in [-0.1, -0.05) is 31.0 Å². The maximum Gasteiger partial charge on any atom is 0.318 e. The van der Waals surface area contributed by atoms with Crippen LogP contribution in [0.3, 0.4) is 0 Å². The van der Waals surface area contributed by atoms with Gasteiger partial charge in [-0.3, -0.25) is 4.79 Å². The number of nitrogens with zero attached hydrogens (tertiary/aromatic N) is 3. The molecule has 4 fully saturated rings. The number of benzene rings is 1. The van der Waals surface area contributed by atoms with Crippen molar-refractivity contribution in [1.82, 2.24) is 20.0 Å². The van der Waals surface area contributed by atoms with E-state index >= 15 is 0 Å². The lowest BCUT2D eigenvalue weighted by Crippen LogP contribution is -2.53. The number of urea groups is 1. The Hall–Kier alpha value is -2.08. The van der Waals surface area contributed by atoms with Crippen LogP contribution >= 0.6 is 0 Å². The average Bonchev–Trinajstić information content (AvgIpc) is 3.15. The van der Waals surface area contributed by atoms with Crippen LogP contribution in [-0.4, -0.2) is 77.0 Å². The summed E-state index contributed by atoms with van der Waals surface area (Å²) in [6.07, 6.45) is 9.09. The van der Waals surface area contributed by atoms with Crippen LogP contribution in [0.5, 0.6) is 0 Å². The Bertz CT molecular complexity index is 754. The standard InChI is InChI=1S/C24H34N4O2/c29-23(18-6-2-1-3-7-18)27-16-10-19(11-17-27)26-14-12-20(13-15-26)28-22-9-5-4-8-21(22)25-24(28)30/h1-3,6-7,19-22H,4-5,8-17H2,(H,25,30)/t21-,22-/m1/s1. The number of carbonyl (C=O) groups excluding carboxylic acids is 2. The highest BCUT2D eigenvalue weighted by atomic mass is 16.2. The zero-order chi connectivity index (χ0) is 20.5. The number of hydrogen-bond donors (Lipinski definition) is 1. The normalized spacial score (nSPS) is 29.0. The molecule has 0 unspecified atom stereocenters. The maximum absolute atomic E-state index is 12.7. The van der Waals surface area contributed by atoms with Crippen LogP contribution in [0.15, 0.2) is 30.3 Å². The smallest absolute Gasteiger partial charge is 0.318 e. The summed E-state index contributed by atoms with van der Waals surface area (Å²) >= 11 is 0. The van der Waals surface area contributed by atoms with E-state index in [0.29, 0.717) is 24.2 Å². The van der Waals surface area contributed by atoms with Crippen LogP contribution in [0, 0.1) is 0 Å². The van der Waals surface area contributed by atoms with Crippen molar-refractivity contribution in [3.05, 3.63) is 35.9 Å². The summed E-state index contributed by atoms with van der Waals surface area (Å²) < 4.78 is 0. The van der Waals surface area contributed by atoms with Gasteiger partial charge in [0.15, 0.2) is 0 Å². The molecule has 1 aromatic carbocycles. The molecular weight excluding hydrogens is 376 g/mol. The van der Waals surface area contributed by atoms with Crippen LogP contribution in [0.2, 0.25) is 0 Å². The molecule has 6 heteroatoms. The molecule has 1 aliphatic carbocycles. The van der Waals surface area contributed by atoms with Crippen LogP contribution < -0.4 is 5.32 Å². The summed E-state index contributed by atoms with van der Waals surface area (Å²) in [5, 5.41) is 3.24. The highest BCUT2D eigenvalue weighted by Gasteiger charge is 2.44. The molecule has 3 amide bonds. The van der Waals surface area contributed by atoms with Crippen molar-refractivity contribution in [2.24, 2.45) is 0 Å². The number of piperidine rings is 2. The van der Waals surface area contributed by atoms with Crippen LogP contribution in [0.4, 0.5) is 4.79 Å². The Balaban J connectivity index is 1.12. The fourth-order valence-corrected chi connectivity index (χ4v) is 6.16. The highest BCUT2D eigenvalue weighted by Crippen LogP contribution is 2.33. The van der Waals surface area contributed by atoms with E-state index in [4.69, 9.17) is 0 Å². The van der Waals surface area contributed by atoms with Gasteiger partial charge in [-0.25, -0.2) is 4.79 Å². The molecule has 3 saturated heterocycles. The van der Waals surface area contributed by atoms with E-state index in [9.17, 15) is 9.59 Å². The summed E-state index contributed by atoms with van der Waals surface area (Å²) in [4.78, 5) is 32.1. The molecule has 1 N–H and O–H groups in total. The third kappa shape index (κ3) is 3.82. The summed E-state index contributed by atoms with van der Waals surface area (Å²) in [5.74, 6) is 0.162. The number of amides is 3. The van der Waals surface area contributed by atoms with Crippen molar-refractivity contribution in [1.29, 1.82) is 0 Å². The predicted octanol–water partition coefficient (Wildman–Crippen LogP) is 3.09. The monoisotopic (exact) mass is 410 g/mol. The first kappa shape index (κ1) is 19.9. The van der Waals surface area contributed by atoms with Gasteiger partial charge >= 0.3 is 6.03 Å². The zero-order valence-corrected chi connectivity index (χ0v) is 17.8. The summed E-state index contributed by atoms with van der Waals surface area (Å²) in [7, 11) is 0. The first-order valence-electron chi connectivity index (χ1n) is 11.9. The molecular formula is C24H34N4O2. The van der Waals surface area contributed by atoms with Gasteiger partial charge in [-0.2, -0.15) is 0 Å². The fourth-order valence-electron chi connectivity index (χ4n) is 6.16. The molecule has 2 atom stereocenters. The number of nitrogens with one attached hydrogen (secondary N) is 1. The summed E-state index contributed by atoms with van der Waals surface area (Å²) in [6.45, 7) is 3.83. The van der Waals surface area contributed by atoms with Gasteiger partial charge in [-0.15, -0.1) is 0 Å².